The molecule has 31 heavy (non-hydrogen) atoms. The van der Waals surface area contributed by atoms with Crippen molar-refractivity contribution >= 4 is 35.0 Å². The minimum atomic E-state index is -0.212. The van der Waals surface area contributed by atoms with E-state index < -0.39 is 0 Å². The minimum Gasteiger partial charge on any atom is -0.352 e. The molecule has 2 aliphatic heterocycles. The van der Waals surface area contributed by atoms with Crippen LogP contribution in [0, 0.1) is 0 Å². The zero-order valence-corrected chi connectivity index (χ0v) is 19.1. The molecule has 7 heteroatoms. The average molecular weight is 460 g/mol. The summed E-state index contributed by atoms with van der Waals surface area (Å²) in [4.78, 5) is 29.2. The Balaban J connectivity index is 1.29. The molecule has 2 aromatic rings. The molecule has 5 nitrogen and oxygen atoms in total. The van der Waals surface area contributed by atoms with E-state index in [1.54, 1.807) is 31.3 Å². The molecule has 0 radical (unpaired) electrons. The summed E-state index contributed by atoms with van der Waals surface area (Å²) in [5, 5.41) is 4.42. The van der Waals surface area contributed by atoms with Crippen molar-refractivity contribution in [3.05, 3.63) is 69.7 Å². The normalized spacial score (nSPS) is 22.9. The van der Waals surface area contributed by atoms with E-state index in [4.69, 9.17) is 23.2 Å². The van der Waals surface area contributed by atoms with Crippen LogP contribution in [-0.2, 0) is 11.3 Å². The Morgan fingerprint density at radius 2 is 1.71 bits per heavy atom. The lowest BCUT2D eigenvalue weighted by Gasteiger charge is -2.39. The van der Waals surface area contributed by atoms with Crippen molar-refractivity contribution < 1.29 is 9.59 Å². The number of nitrogens with zero attached hydrogens (tertiary/aromatic N) is 2. The SMILES string of the molecule is CN(CC(=O)NC1CC2CCC(C1)N2Cc1ccc(Cl)cc1)C(=O)c1cccc(Cl)c1. The van der Waals surface area contributed by atoms with Crippen LogP contribution in [0.25, 0.3) is 0 Å². The van der Waals surface area contributed by atoms with Crippen LogP contribution in [-0.4, -0.2) is 53.3 Å². The molecule has 0 spiro atoms. The molecule has 2 saturated heterocycles. The van der Waals surface area contributed by atoms with Crippen LogP contribution in [0.3, 0.4) is 0 Å². The zero-order valence-electron chi connectivity index (χ0n) is 17.6. The highest BCUT2D eigenvalue weighted by molar-refractivity contribution is 6.31. The van der Waals surface area contributed by atoms with E-state index in [0.717, 1.165) is 37.3 Å². The van der Waals surface area contributed by atoms with Crippen LogP contribution < -0.4 is 5.32 Å². The Kier molecular flexibility index (Phi) is 6.85. The van der Waals surface area contributed by atoms with Gasteiger partial charge in [-0.05, 0) is 61.6 Å². The molecule has 0 aromatic heterocycles. The first-order valence-electron chi connectivity index (χ1n) is 10.7. The number of hydrogen-bond donors (Lipinski definition) is 1. The number of halogens is 2. The average Bonchev–Trinajstić information content (AvgIpc) is 2.96. The molecule has 2 heterocycles. The van der Waals surface area contributed by atoms with Gasteiger partial charge in [0, 0.05) is 47.3 Å². The highest BCUT2D eigenvalue weighted by Gasteiger charge is 2.40. The standard InChI is InChI=1S/C24H27Cl2N3O2/c1-28(24(31)17-3-2-4-19(26)11-17)15-23(30)27-20-12-21-9-10-22(13-20)29(21)14-16-5-7-18(25)8-6-16/h2-8,11,20-22H,9-10,12-15H2,1H3,(H,27,30). The fourth-order valence-electron chi connectivity index (χ4n) is 4.85. The number of carbonyl (C=O) groups is 2. The summed E-state index contributed by atoms with van der Waals surface area (Å²) in [6.07, 6.45) is 4.22. The lowest BCUT2D eigenvalue weighted by molar-refractivity contribution is -0.122. The summed E-state index contributed by atoms with van der Waals surface area (Å²) in [7, 11) is 1.64. The van der Waals surface area contributed by atoms with Crippen LogP contribution in [0.4, 0.5) is 0 Å². The number of hydrogen-bond acceptors (Lipinski definition) is 3. The summed E-state index contributed by atoms with van der Waals surface area (Å²) in [5.74, 6) is -0.330. The van der Waals surface area contributed by atoms with Crippen LogP contribution in [0.2, 0.25) is 10.0 Å². The second kappa shape index (κ2) is 9.60. The second-order valence-electron chi connectivity index (χ2n) is 8.59. The number of fused-ring (bicyclic) bond motifs is 2. The van der Waals surface area contributed by atoms with Gasteiger partial charge in [-0.25, -0.2) is 0 Å². The summed E-state index contributed by atoms with van der Waals surface area (Å²) in [5.41, 5.74) is 1.75. The van der Waals surface area contributed by atoms with E-state index in [0.29, 0.717) is 22.7 Å². The highest BCUT2D eigenvalue weighted by atomic mass is 35.5. The van der Waals surface area contributed by atoms with Gasteiger partial charge in [0.05, 0.1) is 6.54 Å². The lowest BCUT2D eigenvalue weighted by atomic mass is 9.96. The van der Waals surface area contributed by atoms with Crippen LogP contribution >= 0.6 is 23.2 Å². The maximum Gasteiger partial charge on any atom is 0.254 e. The summed E-state index contributed by atoms with van der Waals surface area (Å²) in [6.45, 7) is 0.954. The van der Waals surface area contributed by atoms with E-state index in [-0.39, 0.29) is 24.4 Å². The molecule has 2 unspecified atom stereocenters. The van der Waals surface area contributed by atoms with Crippen molar-refractivity contribution in [3.8, 4) is 0 Å². The van der Waals surface area contributed by atoms with Crippen molar-refractivity contribution in [1.29, 1.82) is 0 Å². The lowest BCUT2D eigenvalue weighted by Crippen LogP contribution is -2.51. The van der Waals surface area contributed by atoms with Gasteiger partial charge in [-0.1, -0.05) is 41.4 Å². The summed E-state index contributed by atoms with van der Waals surface area (Å²) >= 11 is 12.0. The molecule has 4 rings (SSSR count). The largest absolute Gasteiger partial charge is 0.352 e. The maximum absolute atomic E-state index is 12.6. The Morgan fingerprint density at radius 1 is 1.03 bits per heavy atom. The smallest absolute Gasteiger partial charge is 0.254 e. The predicted octanol–water partition coefficient (Wildman–Crippen LogP) is 4.38. The molecule has 0 saturated carbocycles. The third-order valence-electron chi connectivity index (χ3n) is 6.33. The van der Waals surface area contributed by atoms with Gasteiger partial charge in [-0.2, -0.15) is 0 Å². The Hall–Kier alpha value is -2.08. The Bertz CT molecular complexity index is 936. The third kappa shape index (κ3) is 5.40. The van der Waals surface area contributed by atoms with Crippen LogP contribution in [0.15, 0.2) is 48.5 Å². The number of carbonyl (C=O) groups excluding carboxylic acids is 2. The van der Waals surface area contributed by atoms with Crippen LogP contribution in [0.1, 0.15) is 41.6 Å². The fourth-order valence-corrected chi connectivity index (χ4v) is 5.17. The van der Waals surface area contributed by atoms with Crippen molar-refractivity contribution in [2.24, 2.45) is 0 Å². The van der Waals surface area contributed by atoms with Gasteiger partial charge in [-0.3, -0.25) is 14.5 Å². The first kappa shape index (κ1) is 22.1. The molecular formula is C24H27Cl2N3O2. The van der Waals surface area contributed by atoms with E-state index in [1.165, 1.54) is 10.5 Å². The zero-order chi connectivity index (χ0) is 22.0. The van der Waals surface area contributed by atoms with Gasteiger partial charge in [0.25, 0.3) is 5.91 Å². The van der Waals surface area contributed by atoms with Gasteiger partial charge >= 0.3 is 0 Å². The molecule has 0 aliphatic carbocycles. The second-order valence-corrected chi connectivity index (χ2v) is 9.46. The molecular weight excluding hydrogens is 433 g/mol. The number of likely N-dealkylation sites (N-methyl/N-ethyl adjacent to an activating group) is 1. The third-order valence-corrected chi connectivity index (χ3v) is 6.81. The van der Waals surface area contributed by atoms with Crippen LogP contribution in [0.5, 0.6) is 0 Å². The molecule has 164 valence electrons. The first-order chi connectivity index (χ1) is 14.9. The molecule has 2 bridgehead atoms. The Labute approximate surface area is 193 Å². The number of amides is 2. The maximum atomic E-state index is 12.6. The van der Waals surface area contributed by atoms with E-state index >= 15 is 0 Å². The monoisotopic (exact) mass is 459 g/mol. The Morgan fingerprint density at radius 3 is 2.35 bits per heavy atom. The van der Waals surface area contributed by atoms with Gasteiger partial charge in [0.1, 0.15) is 0 Å². The fraction of sp³-hybridized carbons (Fsp3) is 0.417. The predicted molar refractivity (Wildman–Crippen MR) is 123 cm³/mol. The van der Waals surface area contributed by atoms with Crippen molar-refractivity contribution in [3.63, 3.8) is 0 Å². The summed E-state index contributed by atoms with van der Waals surface area (Å²) in [6, 6.07) is 15.9. The van der Waals surface area contributed by atoms with Crippen molar-refractivity contribution in [2.75, 3.05) is 13.6 Å². The van der Waals surface area contributed by atoms with Gasteiger partial charge < -0.3 is 10.2 Å². The molecule has 1 N–H and O–H groups in total. The quantitative estimate of drug-likeness (QED) is 0.697. The summed E-state index contributed by atoms with van der Waals surface area (Å²) < 4.78 is 0. The van der Waals surface area contributed by atoms with Gasteiger partial charge in [0.15, 0.2) is 0 Å². The van der Waals surface area contributed by atoms with Crippen molar-refractivity contribution in [2.45, 2.75) is 50.4 Å². The van der Waals surface area contributed by atoms with E-state index in [2.05, 4.69) is 22.3 Å². The number of piperidine rings is 1. The molecule has 2 atom stereocenters. The molecule has 2 aromatic carbocycles. The molecule has 2 fully saturated rings. The molecule has 2 amide bonds. The minimum absolute atomic E-state index is 0.0334. The van der Waals surface area contributed by atoms with E-state index in [1.807, 2.05) is 12.1 Å². The number of nitrogens with one attached hydrogen (secondary N) is 1. The number of benzene rings is 2. The van der Waals surface area contributed by atoms with Gasteiger partial charge in [0.2, 0.25) is 5.91 Å². The number of rotatable bonds is 6. The first-order valence-corrected chi connectivity index (χ1v) is 11.4. The van der Waals surface area contributed by atoms with E-state index in [9.17, 15) is 9.59 Å². The topological polar surface area (TPSA) is 52.7 Å². The van der Waals surface area contributed by atoms with Gasteiger partial charge in [-0.15, -0.1) is 0 Å². The highest BCUT2D eigenvalue weighted by Crippen LogP contribution is 2.37. The molecule has 2 aliphatic rings. The van der Waals surface area contributed by atoms with Crippen molar-refractivity contribution in [1.82, 2.24) is 15.1 Å².